The van der Waals surface area contributed by atoms with E-state index in [9.17, 15) is 0 Å². The molecule has 2 bridgehead atoms. The molecule has 0 radical (unpaired) electrons. The Labute approximate surface area is 274 Å². The summed E-state index contributed by atoms with van der Waals surface area (Å²) in [6.07, 6.45) is 0. The summed E-state index contributed by atoms with van der Waals surface area (Å²) in [5.74, 6) is 1.74. The van der Waals surface area contributed by atoms with Crippen molar-refractivity contribution in [2.75, 3.05) is 120 Å². The number of aryl methyl sites for hydroxylation is 3. The van der Waals surface area contributed by atoms with Gasteiger partial charge in [-0.3, -0.25) is 0 Å². The fraction of sp³-hybridized carbons (Fsp3) is 0.514. The summed E-state index contributed by atoms with van der Waals surface area (Å²) in [7, 11) is 0. The number of anilines is 3. The van der Waals surface area contributed by atoms with Crippen molar-refractivity contribution < 1.29 is 28.4 Å². The Balaban J connectivity index is 1.46. The first-order valence-electron chi connectivity index (χ1n) is 16.7. The Bertz CT molecular complexity index is 1250. The lowest BCUT2D eigenvalue weighted by molar-refractivity contribution is 0.0435. The fourth-order valence-electron chi connectivity index (χ4n) is 5.85. The minimum absolute atomic E-state index is 0.532. The second-order valence-corrected chi connectivity index (χ2v) is 11.8. The minimum atomic E-state index is 0.532. The molecule has 9 nitrogen and oxygen atoms in total. The summed E-state index contributed by atoms with van der Waals surface area (Å²) in [6, 6.07) is 21.3. The van der Waals surface area contributed by atoms with E-state index in [1.165, 1.54) is 11.3 Å². The molecule has 3 aliphatic rings. The van der Waals surface area contributed by atoms with Crippen molar-refractivity contribution >= 4 is 17.1 Å². The van der Waals surface area contributed by atoms with E-state index in [1.54, 1.807) is 0 Å². The van der Waals surface area contributed by atoms with E-state index in [0.717, 1.165) is 73.3 Å². The van der Waals surface area contributed by atoms with Gasteiger partial charge < -0.3 is 43.1 Å². The van der Waals surface area contributed by atoms with E-state index >= 15 is 0 Å². The number of hydrogen-bond donors (Lipinski definition) is 0. The molecular formula is C37H51N3O6. The zero-order valence-corrected chi connectivity index (χ0v) is 27.9. The van der Waals surface area contributed by atoms with Gasteiger partial charge in [0.05, 0.1) is 77.3 Å². The van der Waals surface area contributed by atoms with E-state index in [1.807, 2.05) is 0 Å². The first-order chi connectivity index (χ1) is 22.6. The normalized spacial score (nSPS) is 18.5. The van der Waals surface area contributed by atoms with Crippen LogP contribution >= 0.6 is 0 Å². The van der Waals surface area contributed by atoms with Crippen LogP contribution in [0, 0.1) is 20.8 Å². The predicted molar refractivity (Wildman–Crippen MR) is 184 cm³/mol. The van der Waals surface area contributed by atoms with Gasteiger partial charge in [-0.1, -0.05) is 30.3 Å². The number of nitrogens with zero attached hydrogens (tertiary/aromatic N) is 3. The maximum Gasteiger partial charge on any atom is 0.142 e. The average molecular weight is 634 g/mol. The van der Waals surface area contributed by atoms with Crippen LogP contribution in [0.2, 0.25) is 0 Å². The van der Waals surface area contributed by atoms with Crippen LogP contribution in [0.15, 0.2) is 60.7 Å². The lowest BCUT2D eigenvalue weighted by Crippen LogP contribution is -2.34. The standard InChI is InChI=1S/C37H51N3O6/c1-30-8-10-34-36(28-30)45-22-16-38(33-7-5-4-6-32(33)3)17-23-46-37-29-31(2)9-11-35(37)40-14-20-43-26-24-41-18-12-39(34)13-19-42-25-27-44-21-15-40/h4-11,28-29H,12-27H2,1-3H3. The lowest BCUT2D eigenvalue weighted by Gasteiger charge is -2.29. The topological polar surface area (TPSA) is 65.1 Å². The zero-order chi connectivity index (χ0) is 32.0. The Morgan fingerprint density at radius 3 is 1.24 bits per heavy atom. The summed E-state index contributed by atoms with van der Waals surface area (Å²) >= 11 is 0. The SMILES string of the molecule is Cc1ccc2c(c1)OCCN(c1ccccc1C)CCOc1cc(C)ccc1N1CCOCCOCCN2CCOCCOCC1. The Kier molecular flexibility index (Phi) is 13.2. The van der Waals surface area contributed by atoms with Crippen molar-refractivity contribution in [3.05, 3.63) is 77.4 Å². The van der Waals surface area contributed by atoms with Gasteiger partial charge in [0.15, 0.2) is 0 Å². The van der Waals surface area contributed by atoms with Crippen molar-refractivity contribution in [2.24, 2.45) is 0 Å². The lowest BCUT2D eigenvalue weighted by atomic mass is 10.1. The maximum atomic E-state index is 6.58. The molecule has 6 rings (SSSR count). The van der Waals surface area contributed by atoms with Gasteiger partial charge >= 0.3 is 0 Å². The van der Waals surface area contributed by atoms with E-state index in [4.69, 9.17) is 28.4 Å². The molecule has 250 valence electrons. The molecule has 3 heterocycles. The van der Waals surface area contributed by atoms with E-state index in [0.29, 0.717) is 66.1 Å². The average Bonchev–Trinajstić information content (AvgIpc) is 3.04. The van der Waals surface area contributed by atoms with Crippen molar-refractivity contribution in [2.45, 2.75) is 20.8 Å². The molecule has 0 aromatic heterocycles. The number of rotatable bonds is 1. The largest absolute Gasteiger partial charge is 0.490 e. The third-order valence-corrected chi connectivity index (χ3v) is 8.37. The third kappa shape index (κ3) is 10.00. The highest BCUT2D eigenvalue weighted by Gasteiger charge is 2.18. The van der Waals surface area contributed by atoms with Crippen LogP contribution < -0.4 is 24.2 Å². The Hall–Kier alpha value is -3.50. The molecule has 1 fully saturated rings. The van der Waals surface area contributed by atoms with Crippen LogP contribution in [-0.4, -0.2) is 105 Å². The van der Waals surface area contributed by atoms with E-state index in [-0.39, 0.29) is 0 Å². The molecule has 0 amide bonds. The van der Waals surface area contributed by atoms with Crippen molar-refractivity contribution in [3.8, 4) is 11.5 Å². The minimum Gasteiger partial charge on any atom is -0.490 e. The van der Waals surface area contributed by atoms with Gasteiger partial charge in [0.2, 0.25) is 0 Å². The van der Waals surface area contributed by atoms with Crippen LogP contribution in [0.25, 0.3) is 0 Å². The zero-order valence-electron chi connectivity index (χ0n) is 27.9. The quantitative estimate of drug-likeness (QED) is 0.333. The van der Waals surface area contributed by atoms with Crippen LogP contribution in [0.4, 0.5) is 17.1 Å². The van der Waals surface area contributed by atoms with Crippen LogP contribution in [0.5, 0.6) is 11.5 Å². The van der Waals surface area contributed by atoms with Crippen molar-refractivity contribution in [3.63, 3.8) is 0 Å². The molecule has 3 aromatic carbocycles. The van der Waals surface area contributed by atoms with Gasteiger partial charge in [-0.25, -0.2) is 0 Å². The van der Waals surface area contributed by atoms with Gasteiger partial charge in [0.1, 0.15) is 24.7 Å². The Morgan fingerprint density at radius 1 is 0.413 bits per heavy atom. The number of ether oxygens (including phenoxy) is 6. The second kappa shape index (κ2) is 18.0. The molecule has 9 heteroatoms. The van der Waals surface area contributed by atoms with Gasteiger partial charge in [0.25, 0.3) is 0 Å². The highest BCUT2D eigenvalue weighted by Crippen LogP contribution is 2.31. The number of hydrogen-bond acceptors (Lipinski definition) is 9. The van der Waals surface area contributed by atoms with Gasteiger partial charge in [-0.2, -0.15) is 0 Å². The molecule has 3 aliphatic heterocycles. The molecule has 46 heavy (non-hydrogen) atoms. The third-order valence-electron chi connectivity index (χ3n) is 8.37. The number of fused-ring (bicyclic) bond motifs is 20. The molecule has 0 saturated carbocycles. The van der Waals surface area contributed by atoms with Crippen LogP contribution in [0.1, 0.15) is 16.7 Å². The monoisotopic (exact) mass is 633 g/mol. The summed E-state index contributed by atoms with van der Waals surface area (Å²) in [5.41, 5.74) is 6.81. The summed E-state index contributed by atoms with van der Waals surface area (Å²) in [6.45, 7) is 16.2. The maximum absolute atomic E-state index is 6.58. The van der Waals surface area contributed by atoms with Gasteiger partial charge in [-0.15, -0.1) is 0 Å². The second-order valence-electron chi connectivity index (χ2n) is 11.8. The number of benzene rings is 3. The molecule has 0 aliphatic carbocycles. The molecule has 3 aromatic rings. The van der Waals surface area contributed by atoms with Crippen molar-refractivity contribution in [1.82, 2.24) is 0 Å². The summed E-state index contributed by atoms with van der Waals surface area (Å²) < 4.78 is 37.3. The van der Waals surface area contributed by atoms with Crippen molar-refractivity contribution in [1.29, 1.82) is 0 Å². The molecule has 0 unspecified atom stereocenters. The highest BCUT2D eigenvalue weighted by molar-refractivity contribution is 5.61. The summed E-state index contributed by atoms with van der Waals surface area (Å²) in [5, 5.41) is 0. The molecule has 0 spiro atoms. The molecule has 0 atom stereocenters. The fourth-order valence-corrected chi connectivity index (χ4v) is 5.85. The molecule has 1 saturated heterocycles. The summed E-state index contributed by atoms with van der Waals surface area (Å²) in [4.78, 5) is 6.96. The first kappa shape index (κ1) is 33.9. The molecular weight excluding hydrogens is 582 g/mol. The number of para-hydroxylation sites is 1. The van der Waals surface area contributed by atoms with Gasteiger partial charge in [0, 0.05) is 31.9 Å². The highest BCUT2D eigenvalue weighted by atomic mass is 16.5. The Morgan fingerprint density at radius 2 is 0.804 bits per heavy atom. The van der Waals surface area contributed by atoms with E-state index in [2.05, 4.69) is 96.1 Å². The van der Waals surface area contributed by atoms with Crippen LogP contribution in [-0.2, 0) is 18.9 Å². The van der Waals surface area contributed by atoms with E-state index < -0.39 is 0 Å². The predicted octanol–water partition coefficient (Wildman–Crippen LogP) is 5.28. The van der Waals surface area contributed by atoms with Gasteiger partial charge in [-0.05, 0) is 67.8 Å². The smallest absolute Gasteiger partial charge is 0.142 e. The molecule has 0 N–H and O–H groups in total. The first-order valence-corrected chi connectivity index (χ1v) is 16.7. The van der Waals surface area contributed by atoms with Crippen LogP contribution in [0.3, 0.4) is 0 Å².